The summed E-state index contributed by atoms with van der Waals surface area (Å²) in [5.74, 6) is 1.96. The molecule has 4 rings (SSSR count). The minimum Gasteiger partial charge on any atom is -0.461 e. The van der Waals surface area contributed by atoms with E-state index in [4.69, 9.17) is 9.15 Å². The largest absolute Gasteiger partial charge is 0.461 e. The van der Waals surface area contributed by atoms with Gasteiger partial charge < -0.3 is 19.0 Å². The van der Waals surface area contributed by atoms with Gasteiger partial charge in [0.25, 0.3) is 0 Å². The van der Waals surface area contributed by atoms with Gasteiger partial charge in [-0.2, -0.15) is 0 Å². The van der Waals surface area contributed by atoms with Crippen molar-refractivity contribution in [1.29, 1.82) is 0 Å². The van der Waals surface area contributed by atoms with Gasteiger partial charge in [0.1, 0.15) is 11.5 Å². The van der Waals surface area contributed by atoms with Crippen LogP contribution in [0.2, 0.25) is 0 Å². The Morgan fingerprint density at radius 3 is 2.23 bits per heavy atom. The number of carbonyl (C=O) groups is 2. The number of hydrogen-bond donors (Lipinski definition) is 0. The fraction of sp³-hybridized carbons (Fsp3) is 0.478. The standard InChI is InChI=1S/C23H29N3O4/c27-22(9-7-20-6-8-21(30-20)19-4-2-1-3-5-19)25-12-10-24(11-13-25)18-23(28)26-14-16-29-17-15-26/h1-6,8H,7,9-18H2. The molecule has 30 heavy (non-hydrogen) atoms. The van der Waals surface area contributed by atoms with Gasteiger partial charge in [-0.15, -0.1) is 0 Å². The molecule has 0 atom stereocenters. The molecule has 2 aromatic rings. The Bertz CT molecular complexity index is 837. The number of aryl methyl sites for hydroxylation is 1. The first-order chi connectivity index (χ1) is 14.7. The lowest BCUT2D eigenvalue weighted by atomic mass is 10.2. The quantitative estimate of drug-likeness (QED) is 0.726. The van der Waals surface area contributed by atoms with Crippen molar-refractivity contribution >= 4 is 11.8 Å². The van der Waals surface area contributed by atoms with E-state index in [2.05, 4.69) is 4.90 Å². The van der Waals surface area contributed by atoms with E-state index < -0.39 is 0 Å². The molecule has 2 fully saturated rings. The van der Waals surface area contributed by atoms with Crippen molar-refractivity contribution < 1.29 is 18.7 Å². The smallest absolute Gasteiger partial charge is 0.236 e. The van der Waals surface area contributed by atoms with Crippen LogP contribution < -0.4 is 0 Å². The summed E-state index contributed by atoms with van der Waals surface area (Å²) in [6.07, 6.45) is 1.04. The molecule has 2 saturated heterocycles. The van der Waals surface area contributed by atoms with Crippen LogP contribution in [0.5, 0.6) is 0 Å². The summed E-state index contributed by atoms with van der Waals surface area (Å²) in [6, 6.07) is 13.9. The van der Waals surface area contributed by atoms with Gasteiger partial charge in [-0.25, -0.2) is 0 Å². The molecule has 7 heteroatoms. The van der Waals surface area contributed by atoms with Gasteiger partial charge in [-0.1, -0.05) is 30.3 Å². The zero-order valence-electron chi connectivity index (χ0n) is 17.3. The van der Waals surface area contributed by atoms with E-state index in [0.29, 0.717) is 58.8 Å². The third-order valence-electron chi connectivity index (χ3n) is 5.75. The fourth-order valence-electron chi connectivity index (χ4n) is 3.92. The first-order valence-electron chi connectivity index (χ1n) is 10.7. The fourth-order valence-corrected chi connectivity index (χ4v) is 3.92. The Kier molecular flexibility index (Phi) is 6.81. The van der Waals surface area contributed by atoms with E-state index in [-0.39, 0.29) is 11.8 Å². The molecule has 2 aliphatic heterocycles. The van der Waals surface area contributed by atoms with Crippen LogP contribution in [-0.4, -0.2) is 85.5 Å². The van der Waals surface area contributed by atoms with Crippen LogP contribution in [0.4, 0.5) is 0 Å². The van der Waals surface area contributed by atoms with Gasteiger partial charge in [0.15, 0.2) is 0 Å². The molecule has 2 amide bonds. The molecule has 0 bridgehead atoms. The highest BCUT2D eigenvalue weighted by atomic mass is 16.5. The molecule has 1 aromatic carbocycles. The summed E-state index contributed by atoms with van der Waals surface area (Å²) in [7, 11) is 0. The van der Waals surface area contributed by atoms with Crippen molar-refractivity contribution in [3.8, 4) is 11.3 Å². The maximum absolute atomic E-state index is 12.6. The number of amides is 2. The summed E-state index contributed by atoms with van der Waals surface area (Å²) in [6.45, 7) is 5.84. The zero-order chi connectivity index (χ0) is 20.8. The number of carbonyl (C=O) groups excluding carboxylic acids is 2. The van der Waals surface area contributed by atoms with E-state index in [1.807, 2.05) is 52.3 Å². The van der Waals surface area contributed by atoms with Gasteiger partial charge in [0, 0.05) is 57.7 Å². The molecule has 3 heterocycles. The number of benzene rings is 1. The second kappa shape index (κ2) is 9.91. The average Bonchev–Trinajstić information content (AvgIpc) is 3.28. The summed E-state index contributed by atoms with van der Waals surface area (Å²) >= 11 is 0. The number of morpholine rings is 1. The first kappa shape index (κ1) is 20.6. The molecule has 0 aliphatic carbocycles. The van der Waals surface area contributed by atoms with Crippen LogP contribution >= 0.6 is 0 Å². The third kappa shape index (κ3) is 5.29. The van der Waals surface area contributed by atoms with E-state index in [9.17, 15) is 9.59 Å². The summed E-state index contributed by atoms with van der Waals surface area (Å²) in [4.78, 5) is 30.9. The molecule has 2 aliphatic rings. The second-order valence-electron chi connectivity index (χ2n) is 7.78. The van der Waals surface area contributed by atoms with Crippen molar-refractivity contribution in [2.75, 3.05) is 59.0 Å². The van der Waals surface area contributed by atoms with E-state index in [0.717, 1.165) is 30.2 Å². The molecule has 7 nitrogen and oxygen atoms in total. The Morgan fingerprint density at radius 2 is 1.50 bits per heavy atom. The maximum Gasteiger partial charge on any atom is 0.236 e. The highest BCUT2D eigenvalue weighted by Crippen LogP contribution is 2.22. The Morgan fingerprint density at radius 1 is 0.800 bits per heavy atom. The Labute approximate surface area is 177 Å². The number of piperazine rings is 1. The molecule has 0 saturated carbocycles. The highest BCUT2D eigenvalue weighted by molar-refractivity contribution is 5.78. The number of rotatable bonds is 6. The van der Waals surface area contributed by atoms with Crippen LogP contribution in [-0.2, 0) is 20.7 Å². The van der Waals surface area contributed by atoms with Gasteiger partial charge in [-0.3, -0.25) is 14.5 Å². The molecule has 1 aromatic heterocycles. The van der Waals surface area contributed by atoms with Crippen molar-refractivity contribution in [3.05, 3.63) is 48.2 Å². The number of nitrogens with zero attached hydrogens (tertiary/aromatic N) is 3. The molecular weight excluding hydrogens is 382 g/mol. The van der Waals surface area contributed by atoms with Crippen LogP contribution in [0.25, 0.3) is 11.3 Å². The second-order valence-corrected chi connectivity index (χ2v) is 7.78. The minimum absolute atomic E-state index is 0.145. The monoisotopic (exact) mass is 411 g/mol. The van der Waals surface area contributed by atoms with E-state index in [1.54, 1.807) is 0 Å². The van der Waals surface area contributed by atoms with E-state index >= 15 is 0 Å². The predicted octanol–water partition coefficient (Wildman–Crippen LogP) is 1.88. The van der Waals surface area contributed by atoms with Gasteiger partial charge in [0.2, 0.25) is 11.8 Å². The van der Waals surface area contributed by atoms with Gasteiger partial charge in [0.05, 0.1) is 19.8 Å². The molecule has 0 N–H and O–H groups in total. The lowest BCUT2D eigenvalue weighted by molar-refractivity contribution is -0.138. The Hall–Kier alpha value is -2.64. The molecule has 0 radical (unpaired) electrons. The average molecular weight is 412 g/mol. The van der Waals surface area contributed by atoms with Gasteiger partial charge in [-0.05, 0) is 12.1 Å². The minimum atomic E-state index is 0.145. The van der Waals surface area contributed by atoms with Crippen LogP contribution in [0.3, 0.4) is 0 Å². The molecule has 160 valence electrons. The summed E-state index contributed by atoms with van der Waals surface area (Å²) < 4.78 is 11.2. The number of furan rings is 1. The van der Waals surface area contributed by atoms with Crippen LogP contribution in [0.1, 0.15) is 12.2 Å². The zero-order valence-corrected chi connectivity index (χ0v) is 17.3. The van der Waals surface area contributed by atoms with Crippen LogP contribution in [0, 0.1) is 0 Å². The SMILES string of the molecule is O=C(CCc1ccc(-c2ccccc2)o1)N1CCN(CC(=O)N2CCOCC2)CC1. The van der Waals surface area contributed by atoms with E-state index in [1.165, 1.54) is 0 Å². The first-order valence-corrected chi connectivity index (χ1v) is 10.7. The molecular formula is C23H29N3O4. The lowest BCUT2D eigenvalue weighted by Gasteiger charge is -2.36. The Balaban J connectivity index is 1.19. The van der Waals surface area contributed by atoms with Crippen molar-refractivity contribution in [2.45, 2.75) is 12.8 Å². The number of ether oxygens (including phenoxy) is 1. The van der Waals surface area contributed by atoms with Crippen molar-refractivity contribution in [1.82, 2.24) is 14.7 Å². The number of hydrogen-bond acceptors (Lipinski definition) is 5. The molecule has 0 spiro atoms. The third-order valence-corrected chi connectivity index (χ3v) is 5.75. The summed E-state index contributed by atoms with van der Waals surface area (Å²) in [5.41, 5.74) is 1.04. The van der Waals surface area contributed by atoms with Crippen LogP contribution in [0.15, 0.2) is 46.9 Å². The summed E-state index contributed by atoms with van der Waals surface area (Å²) in [5, 5.41) is 0. The predicted molar refractivity (Wildman–Crippen MR) is 113 cm³/mol. The highest BCUT2D eigenvalue weighted by Gasteiger charge is 2.25. The van der Waals surface area contributed by atoms with Gasteiger partial charge >= 0.3 is 0 Å². The normalized spacial score (nSPS) is 17.9. The molecule has 0 unspecified atom stereocenters. The topological polar surface area (TPSA) is 66.2 Å². The van der Waals surface area contributed by atoms with Crippen molar-refractivity contribution in [3.63, 3.8) is 0 Å². The lowest BCUT2D eigenvalue weighted by Crippen LogP contribution is -2.52. The van der Waals surface area contributed by atoms with Crippen molar-refractivity contribution in [2.24, 2.45) is 0 Å². The maximum atomic E-state index is 12.6.